The quantitative estimate of drug-likeness (QED) is 0.430. The molecule has 0 atom stereocenters. The zero-order valence-electron chi connectivity index (χ0n) is 12.8. The van der Waals surface area contributed by atoms with Crippen LogP contribution in [0.5, 0.6) is 11.5 Å². The van der Waals surface area contributed by atoms with Gasteiger partial charge in [0.15, 0.2) is 11.5 Å². The molecule has 0 aromatic heterocycles. The first-order valence-corrected chi connectivity index (χ1v) is 6.83. The predicted octanol–water partition coefficient (Wildman–Crippen LogP) is 4.54. The molecule has 0 aliphatic heterocycles. The largest absolute Gasteiger partial charge is 0.493 e. The van der Waals surface area contributed by atoms with Crippen molar-refractivity contribution in [1.29, 1.82) is 0 Å². The van der Waals surface area contributed by atoms with Crippen LogP contribution in [0.3, 0.4) is 0 Å². The molecular formula is C18H24O2. The highest BCUT2D eigenvalue weighted by Gasteiger charge is 2.02. The topological polar surface area (TPSA) is 18.5 Å². The lowest BCUT2D eigenvalue weighted by molar-refractivity contribution is 0.299. The van der Waals surface area contributed by atoms with Gasteiger partial charge in [-0.1, -0.05) is 44.1 Å². The number of hydrogen-bond acceptors (Lipinski definition) is 2. The number of hydrogen-bond donors (Lipinski definition) is 0. The lowest BCUT2D eigenvalue weighted by Gasteiger charge is -2.10. The van der Waals surface area contributed by atoms with Crippen LogP contribution in [0.1, 0.15) is 25.8 Å². The van der Waals surface area contributed by atoms with Crippen molar-refractivity contribution in [2.75, 3.05) is 13.7 Å². The van der Waals surface area contributed by atoms with Gasteiger partial charge in [0, 0.05) is 0 Å². The van der Waals surface area contributed by atoms with Crippen LogP contribution in [0.2, 0.25) is 0 Å². The van der Waals surface area contributed by atoms with Crippen molar-refractivity contribution in [3.05, 3.63) is 48.1 Å². The third kappa shape index (κ3) is 7.33. The van der Waals surface area contributed by atoms with Gasteiger partial charge in [-0.3, -0.25) is 0 Å². The van der Waals surface area contributed by atoms with E-state index in [1.807, 2.05) is 57.2 Å². The summed E-state index contributed by atoms with van der Waals surface area (Å²) in [6, 6.07) is 5.89. The molecule has 0 aliphatic carbocycles. The molecule has 0 unspecified atom stereocenters. The first-order valence-electron chi connectivity index (χ1n) is 6.83. The van der Waals surface area contributed by atoms with E-state index >= 15 is 0 Å². The average Bonchev–Trinajstić information content (AvgIpc) is 2.49. The third-order valence-corrected chi connectivity index (χ3v) is 2.30. The Balaban J connectivity index is 0.00000172. The second kappa shape index (κ2) is 11.9. The van der Waals surface area contributed by atoms with Crippen molar-refractivity contribution in [3.63, 3.8) is 0 Å². The Morgan fingerprint density at radius 3 is 2.60 bits per heavy atom. The molecule has 1 aromatic rings. The van der Waals surface area contributed by atoms with Crippen LogP contribution >= 0.6 is 0 Å². The molecule has 20 heavy (non-hydrogen) atoms. The highest BCUT2D eigenvalue weighted by molar-refractivity contribution is 5.42. The molecule has 0 heterocycles. The van der Waals surface area contributed by atoms with E-state index in [9.17, 15) is 0 Å². The number of methoxy groups -OCH3 is 1. The van der Waals surface area contributed by atoms with E-state index in [4.69, 9.17) is 15.9 Å². The first kappa shape index (κ1) is 17.9. The lowest BCUT2D eigenvalue weighted by Crippen LogP contribution is -1.98. The van der Waals surface area contributed by atoms with Crippen LogP contribution in [0.25, 0.3) is 0 Å². The maximum absolute atomic E-state index is 5.65. The van der Waals surface area contributed by atoms with Crippen molar-refractivity contribution in [2.45, 2.75) is 27.2 Å². The summed E-state index contributed by atoms with van der Waals surface area (Å²) in [6.07, 6.45) is 13.3. The predicted molar refractivity (Wildman–Crippen MR) is 86.3 cm³/mol. The Bertz CT molecular complexity index is 465. The molecule has 2 nitrogen and oxygen atoms in total. The number of allylic oxidation sites excluding steroid dienone is 3. The van der Waals surface area contributed by atoms with Crippen molar-refractivity contribution in [2.24, 2.45) is 0 Å². The number of terminal acetylenes is 1. The number of aryl methyl sites for hydroxylation is 1. The fourth-order valence-corrected chi connectivity index (χ4v) is 1.42. The zero-order chi connectivity index (χ0) is 15.2. The van der Waals surface area contributed by atoms with Crippen LogP contribution in [0.15, 0.2) is 42.5 Å². The highest BCUT2D eigenvalue weighted by Crippen LogP contribution is 2.27. The molecule has 0 N–H and O–H groups in total. The van der Waals surface area contributed by atoms with Gasteiger partial charge < -0.3 is 9.47 Å². The van der Waals surface area contributed by atoms with Gasteiger partial charge in [0.2, 0.25) is 0 Å². The van der Waals surface area contributed by atoms with Gasteiger partial charge in [0.1, 0.15) is 0 Å². The van der Waals surface area contributed by atoms with Gasteiger partial charge in [-0.15, -0.1) is 6.42 Å². The Kier molecular flexibility index (Phi) is 10.6. The van der Waals surface area contributed by atoms with Crippen LogP contribution in [-0.2, 0) is 0 Å². The molecule has 108 valence electrons. The molecule has 0 spiro atoms. The van der Waals surface area contributed by atoms with Crippen molar-refractivity contribution in [3.8, 4) is 23.8 Å². The summed E-state index contributed by atoms with van der Waals surface area (Å²) in [7, 11) is 1.64. The zero-order valence-corrected chi connectivity index (χ0v) is 12.8. The summed E-state index contributed by atoms with van der Waals surface area (Å²) in [5.41, 5.74) is 1.15. The Hall–Kier alpha value is -2.14. The molecule has 0 bridgehead atoms. The van der Waals surface area contributed by atoms with E-state index in [0.717, 1.165) is 23.5 Å². The van der Waals surface area contributed by atoms with Gasteiger partial charge in [-0.25, -0.2) is 0 Å². The van der Waals surface area contributed by atoms with E-state index < -0.39 is 0 Å². The van der Waals surface area contributed by atoms with E-state index in [2.05, 4.69) is 5.92 Å². The van der Waals surface area contributed by atoms with E-state index in [1.165, 1.54) is 0 Å². The Morgan fingerprint density at radius 2 is 1.95 bits per heavy atom. The smallest absolute Gasteiger partial charge is 0.161 e. The molecule has 0 saturated heterocycles. The first-order chi connectivity index (χ1) is 9.77. The Morgan fingerprint density at radius 1 is 1.20 bits per heavy atom. The maximum Gasteiger partial charge on any atom is 0.161 e. The second-order valence-electron chi connectivity index (χ2n) is 3.75. The van der Waals surface area contributed by atoms with Crippen LogP contribution in [0.4, 0.5) is 0 Å². The monoisotopic (exact) mass is 272 g/mol. The minimum absolute atomic E-state index is 0.611. The van der Waals surface area contributed by atoms with Gasteiger partial charge in [0.25, 0.3) is 0 Å². The summed E-state index contributed by atoms with van der Waals surface area (Å²) in [4.78, 5) is 0. The third-order valence-electron chi connectivity index (χ3n) is 2.30. The van der Waals surface area contributed by atoms with Gasteiger partial charge in [0.05, 0.1) is 13.7 Å². The van der Waals surface area contributed by atoms with Crippen LogP contribution in [-0.4, -0.2) is 13.7 Å². The summed E-state index contributed by atoms with van der Waals surface area (Å²) < 4.78 is 10.9. The number of rotatable bonds is 6. The summed E-state index contributed by atoms with van der Waals surface area (Å²) in [5.74, 6) is 3.97. The molecule has 1 rings (SSSR count). The second-order valence-corrected chi connectivity index (χ2v) is 3.75. The van der Waals surface area contributed by atoms with Crippen molar-refractivity contribution < 1.29 is 9.47 Å². The van der Waals surface area contributed by atoms with Crippen LogP contribution < -0.4 is 9.47 Å². The molecule has 2 heteroatoms. The molecule has 1 aromatic carbocycles. The van der Waals surface area contributed by atoms with Gasteiger partial charge >= 0.3 is 0 Å². The minimum atomic E-state index is 0.611. The van der Waals surface area contributed by atoms with Crippen LogP contribution in [0, 0.1) is 19.3 Å². The summed E-state index contributed by atoms with van der Waals surface area (Å²) in [6.45, 7) is 6.63. The fourth-order valence-electron chi connectivity index (χ4n) is 1.42. The van der Waals surface area contributed by atoms with Crippen molar-refractivity contribution in [1.82, 2.24) is 0 Å². The number of ether oxygens (including phenoxy) is 2. The standard InChI is InChI=1S/C16H18O2.C2H6/c1-4-5-6-7-8-9-12-18-15-11-10-14(2)13-16(15)17-3;1-2/h1,5-8,10-11,13H,9,12H2,2-3H3;1-2H3/b6-5-,8-7-;. The number of benzene rings is 1. The Labute approximate surface area is 123 Å². The van der Waals surface area contributed by atoms with Gasteiger partial charge in [-0.2, -0.15) is 0 Å². The maximum atomic E-state index is 5.65. The fraction of sp³-hybridized carbons (Fsp3) is 0.333. The highest BCUT2D eigenvalue weighted by atomic mass is 16.5. The van der Waals surface area contributed by atoms with E-state index in [1.54, 1.807) is 13.2 Å². The molecule has 0 aliphatic rings. The SMILES string of the molecule is C#C/C=C\C=C/CCOc1ccc(C)cc1OC.CC. The molecule has 0 saturated carbocycles. The van der Waals surface area contributed by atoms with Crippen molar-refractivity contribution >= 4 is 0 Å². The molecule has 0 fully saturated rings. The normalized spacial score (nSPS) is 9.95. The molecule has 0 radical (unpaired) electrons. The van der Waals surface area contributed by atoms with E-state index in [-0.39, 0.29) is 0 Å². The molecule has 0 amide bonds. The average molecular weight is 272 g/mol. The van der Waals surface area contributed by atoms with Gasteiger partial charge in [-0.05, 0) is 37.1 Å². The summed E-state index contributed by atoms with van der Waals surface area (Å²) >= 11 is 0. The summed E-state index contributed by atoms with van der Waals surface area (Å²) in [5, 5.41) is 0. The lowest BCUT2D eigenvalue weighted by atomic mass is 10.2. The molecular weight excluding hydrogens is 248 g/mol. The minimum Gasteiger partial charge on any atom is -0.493 e. The van der Waals surface area contributed by atoms with E-state index in [0.29, 0.717) is 6.61 Å².